The lowest BCUT2D eigenvalue weighted by Gasteiger charge is -2.25. The molecule has 1 fully saturated rings. The van der Waals surface area contributed by atoms with Crippen LogP contribution in [0.15, 0.2) is 35.4 Å². The summed E-state index contributed by atoms with van der Waals surface area (Å²) in [5, 5.41) is 3.79. The summed E-state index contributed by atoms with van der Waals surface area (Å²) in [7, 11) is 0. The van der Waals surface area contributed by atoms with Gasteiger partial charge in [-0.3, -0.25) is 9.59 Å². The molecule has 0 aromatic heterocycles. The highest BCUT2D eigenvalue weighted by atomic mass is 16.2. The summed E-state index contributed by atoms with van der Waals surface area (Å²) in [4.78, 5) is 25.0. The number of hydrogen-bond donors (Lipinski definition) is 1. The molecule has 0 aliphatic carbocycles. The molecule has 19 heavy (non-hydrogen) atoms. The number of piperidine rings is 1. The first-order valence-electron chi connectivity index (χ1n) is 6.45. The van der Waals surface area contributed by atoms with Gasteiger partial charge in [0.25, 0.3) is 0 Å². The van der Waals surface area contributed by atoms with E-state index in [9.17, 15) is 9.59 Å². The second-order valence-corrected chi connectivity index (χ2v) is 4.46. The van der Waals surface area contributed by atoms with Gasteiger partial charge in [-0.2, -0.15) is 5.10 Å². The third-order valence-electron chi connectivity index (χ3n) is 3.02. The fraction of sp³-hybridized carbons (Fsp3) is 0.357. The molecule has 1 aromatic carbocycles. The molecule has 1 aliphatic rings. The third kappa shape index (κ3) is 3.91. The Balaban J connectivity index is 1.83. The molecule has 1 heterocycles. The van der Waals surface area contributed by atoms with Gasteiger partial charge < -0.3 is 4.90 Å². The topological polar surface area (TPSA) is 61.8 Å². The minimum absolute atomic E-state index is 0.495. The number of carbonyl (C=O) groups is 2. The maximum Gasteiger partial charge on any atom is 0.329 e. The summed E-state index contributed by atoms with van der Waals surface area (Å²) in [6.07, 6.45) is 4.57. The zero-order valence-electron chi connectivity index (χ0n) is 10.7. The van der Waals surface area contributed by atoms with Crippen molar-refractivity contribution in [2.24, 2.45) is 5.10 Å². The van der Waals surface area contributed by atoms with Crippen molar-refractivity contribution >= 4 is 18.0 Å². The molecule has 1 N–H and O–H groups in total. The maximum atomic E-state index is 11.8. The molecule has 5 heteroatoms. The van der Waals surface area contributed by atoms with Crippen LogP contribution in [0.5, 0.6) is 0 Å². The van der Waals surface area contributed by atoms with Gasteiger partial charge in [-0.1, -0.05) is 30.3 Å². The van der Waals surface area contributed by atoms with Gasteiger partial charge in [-0.15, -0.1) is 0 Å². The Kier molecular flexibility index (Phi) is 4.66. The molecule has 0 atom stereocenters. The van der Waals surface area contributed by atoms with E-state index in [0.717, 1.165) is 24.8 Å². The minimum Gasteiger partial charge on any atom is -0.334 e. The number of carbonyl (C=O) groups excluding carboxylic acids is 2. The van der Waals surface area contributed by atoms with Gasteiger partial charge in [0.05, 0.1) is 6.21 Å². The number of nitrogens with one attached hydrogen (secondary N) is 1. The largest absolute Gasteiger partial charge is 0.334 e. The lowest BCUT2D eigenvalue weighted by atomic mass is 10.1. The zero-order valence-corrected chi connectivity index (χ0v) is 10.7. The highest BCUT2D eigenvalue weighted by Gasteiger charge is 2.22. The van der Waals surface area contributed by atoms with Crippen molar-refractivity contribution in [3.63, 3.8) is 0 Å². The van der Waals surface area contributed by atoms with Crippen LogP contribution in [0.25, 0.3) is 0 Å². The fourth-order valence-electron chi connectivity index (χ4n) is 1.99. The molecule has 0 unspecified atom stereocenters. The molecule has 2 amide bonds. The smallest absolute Gasteiger partial charge is 0.329 e. The average molecular weight is 259 g/mol. The van der Waals surface area contributed by atoms with Crippen LogP contribution in [-0.4, -0.2) is 36.0 Å². The van der Waals surface area contributed by atoms with Crippen molar-refractivity contribution in [2.75, 3.05) is 13.1 Å². The molecule has 0 bridgehead atoms. The summed E-state index contributed by atoms with van der Waals surface area (Å²) in [6, 6.07) is 9.38. The van der Waals surface area contributed by atoms with Crippen LogP contribution < -0.4 is 5.43 Å². The number of rotatable bonds is 2. The quantitative estimate of drug-likeness (QED) is 0.492. The first kappa shape index (κ1) is 13.3. The van der Waals surface area contributed by atoms with Gasteiger partial charge >= 0.3 is 11.8 Å². The van der Waals surface area contributed by atoms with E-state index in [0.29, 0.717) is 13.1 Å². The number of nitrogens with zero attached hydrogens (tertiary/aromatic N) is 2. The predicted octanol–water partition coefficient (Wildman–Crippen LogP) is 1.15. The molecule has 0 saturated carbocycles. The maximum absolute atomic E-state index is 11.8. The molecule has 0 spiro atoms. The van der Waals surface area contributed by atoms with Crippen molar-refractivity contribution in [1.82, 2.24) is 10.3 Å². The molecular weight excluding hydrogens is 242 g/mol. The van der Waals surface area contributed by atoms with Crippen LogP contribution in [-0.2, 0) is 9.59 Å². The Morgan fingerprint density at radius 1 is 1.11 bits per heavy atom. The molecule has 0 radical (unpaired) electrons. The van der Waals surface area contributed by atoms with E-state index < -0.39 is 11.8 Å². The van der Waals surface area contributed by atoms with Gasteiger partial charge in [-0.05, 0) is 24.8 Å². The van der Waals surface area contributed by atoms with Crippen molar-refractivity contribution in [3.05, 3.63) is 35.9 Å². The average Bonchev–Trinajstić information content (AvgIpc) is 2.48. The second-order valence-electron chi connectivity index (χ2n) is 4.46. The Labute approximate surface area is 112 Å². The molecule has 2 rings (SSSR count). The van der Waals surface area contributed by atoms with Crippen molar-refractivity contribution in [3.8, 4) is 0 Å². The Morgan fingerprint density at radius 3 is 2.47 bits per heavy atom. The summed E-state index contributed by atoms with van der Waals surface area (Å²) in [5.74, 6) is -1.17. The van der Waals surface area contributed by atoms with E-state index in [1.54, 1.807) is 4.90 Å². The fourth-order valence-corrected chi connectivity index (χ4v) is 1.99. The molecule has 1 saturated heterocycles. The Bertz CT molecular complexity index is 465. The number of amides is 2. The summed E-state index contributed by atoms with van der Waals surface area (Å²) < 4.78 is 0. The monoisotopic (exact) mass is 259 g/mol. The first-order valence-corrected chi connectivity index (χ1v) is 6.45. The summed E-state index contributed by atoms with van der Waals surface area (Å²) in [5.41, 5.74) is 3.14. The van der Waals surface area contributed by atoms with Crippen molar-refractivity contribution in [2.45, 2.75) is 19.3 Å². The van der Waals surface area contributed by atoms with Gasteiger partial charge in [0.2, 0.25) is 0 Å². The Hall–Kier alpha value is -2.17. The number of hydrogen-bond acceptors (Lipinski definition) is 3. The summed E-state index contributed by atoms with van der Waals surface area (Å²) >= 11 is 0. The van der Waals surface area contributed by atoms with Gasteiger partial charge in [0.15, 0.2) is 0 Å². The van der Waals surface area contributed by atoms with Crippen LogP contribution in [0.2, 0.25) is 0 Å². The van der Waals surface area contributed by atoms with Gasteiger partial charge in [-0.25, -0.2) is 5.43 Å². The van der Waals surface area contributed by atoms with Gasteiger partial charge in [0, 0.05) is 13.1 Å². The van der Waals surface area contributed by atoms with Crippen LogP contribution >= 0.6 is 0 Å². The molecule has 100 valence electrons. The third-order valence-corrected chi connectivity index (χ3v) is 3.02. The highest BCUT2D eigenvalue weighted by molar-refractivity contribution is 6.35. The number of benzene rings is 1. The van der Waals surface area contributed by atoms with Crippen LogP contribution in [0, 0.1) is 0 Å². The predicted molar refractivity (Wildman–Crippen MR) is 72.6 cm³/mol. The van der Waals surface area contributed by atoms with Crippen LogP contribution in [0.4, 0.5) is 0 Å². The summed E-state index contributed by atoms with van der Waals surface area (Å²) in [6.45, 7) is 1.32. The highest BCUT2D eigenvalue weighted by Crippen LogP contribution is 2.08. The number of likely N-dealkylation sites (tertiary alicyclic amines) is 1. The molecular formula is C14H17N3O2. The van der Waals surface area contributed by atoms with E-state index in [-0.39, 0.29) is 0 Å². The van der Waals surface area contributed by atoms with E-state index in [4.69, 9.17) is 0 Å². The lowest BCUT2D eigenvalue weighted by Crippen LogP contribution is -2.43. The van der Waals surface area contributed by atoms with E-state index in [1.807, 2.05) is 30.3 Å². The SMILES string of the molecule is O=C(NN=Cc1ccccc1)C(=O)N1CCCCC1. The molecule has 1 aliphatic heterocycles. The van der Waals surface area contributed by atoms with Crippen LogP contribution in [0.1, 0.15) is 24.8 Å². The van der Waals surface area contributed by atoms with Gasteiger partial charge in [0.1, 0.15) is 0 Å². The standard InChI is InChI=1S/C14H17N3O2/c18-13(14(19)17-9-5-2-6-10-17)16-15-11-12-7-3-1-4-8-12/h1,3-4,7-8,11H,2,5-6,9-10H2,(H,16,18). The number of hydrazone groups is 1. The normalized spacial score (nSPS) is 15.5. The zero-order chi connectivity index (χ0) is 13.5. The van der Waals surface area contributed by atoms with Crippen LogP contribution in [0.3, 0.4) is 0 Å². The molecule has 1 aromatic rings. The lowest BCUT2D eigenvalue weighted by molar-refractivity contribution is -0.146. The second kappa shape index (κ2) is 6.68. The van der Waals surface area contributed by atoms with Crippen molar-refractivity contribution < 1.29 is 9.59 Å². The van der Waals surface area contributed by atoms with E-state index in [2.05, 4.69) is 10.5 Å². The Morgan fingerprint density at radius 2 is 1.79 bits per heavy atom. The van der Waals surface area contributed by atoms with E-state index in [1.165, 1.54) is 6.21 Å². The molecule has 5 nitrogen and oxygen atoms in total. The van der Waals surface area contributed by atoms with E-state index >= 15 is 0 Å². The first-order chi connectivity index (χ1) is 9.27. The van der Waals surface area contributed by atoms with Crippen molar-refractivity contribution in [1.29, 1.82) is 0 Å². The minimum atomic E-state index is -0.672.